The molecule has 1 N–H and O–H groups in total. The monoisotopic (exact) mass is 307 g/mol. The molecule has 0 spiro atoms. The predicted octanol–water partition coefficient (Wildman–Crippen LogP) is 3.40. The summed E-state index contributed by atoms with van der Waals surface area (Å²) in [7, 11) is 0. The lowest BCUT2D eigenvalue weighted by molar-refractivity contribution is 0.0920. The first-order chi connectivity index (χ1) is 9.97. The molecule has 1 atom stereocenters. The maximum atomic E-state index is 13.0. The Bertz CT molecular complexity index is 631. The zero-order valence-electron chi connectivity index (χ0n) is 11.7. The number of amides is 1. The largest absolute Gasteiger partial charge is 0.344 e. The zero-order valence-corrected chi connectivity index (χ0v) is 12.4. The number of hydrogen-bond acceptors (Lipinski definition) is 3. The van der Waals surface area contributed by atoms with E-state index in [0.717, 1.165) is 5.56 Å². The Morgan fingerprint density at radius 3 is 2.48 bits per heavy atom. The quantitative estimate of drug-likeness (QED) is 0.942. The fourth-order valence-corrected chi connectivity index (χ4v) is 2.12. The second kappa shape index (κ2) is 6.63. The Labute approximate surface area is 127 Å². The van der Waals surface area contributed by atoms with E-state index in [1.54, 1.807) is 12.1 Å². The van der Waals surface area contributed by atoms with Gasteiger partial charge in [-0.1, -0.05) is 37.6 Å². The van der Waals surface area contributed by atoms with Crippen molar-refractivity contribution < 1.29 is 9.18 Å². The minimum atomic E-state index is -0.368. The molecule has 1 aromatic carbocycles. The summed E-state index contributed by atoms with van der Waals surface area (Å²) in [5, 5.41) is 3.03. The van der Waals surface area contributed by atoms with Gasteiger partial charge in [-0.2, -0.15) is 0 Å². The maximum Gasteiger partial charge on any atom is 0.272 e. The molecular formula is C15H15ClFN3O. The number of hydrogen-bond donors (Lipinski definition) is 1. The number of benzene rings is 1. The van der Waals surface area contributed by atoms with Crippen LogP contribution in [-0.2, 0) is 0 Å². The lowest BCUT2D eigenvalue weighted by Crippen LogP contribution is -2.32. The number of rotatable bonds is 4. The molecule has 0 radical (unpaired) electrons. The average molecular weight is 308 g/mol. The number of carbonyl (C=O) groups is 1. The predicted molar refractivity (Wildman–Crippen MR) is 78.5 cm³/mol. The molecule has 21 heavy (non-hydrogen) atoms. The highest BCUT2D eigenvalue weighted by Crippen LogP contribution is 2.22. The minimum Gasteiger partial charge on any atom is -0.344 e. The molecule has 1 heterocycles. The van der Waals surface area contributed by atoms with Gasteiger partial charge < -0.3 is 5.32 Å². The number of aromatic nitrogens is 2. The van der Waals surface area contributed by atoms with Crippen molar-refractivity contribution in [1.29, 1.82) is 0 Å². The molecule has 2 rings (SSSR count). The van der Waals surface area contributed by atoms with Crippen molar-refractivity contribution in [2.75, 3.05) is 0 Å². The van der Waals surface area contributed by atoms with Gasteiger partial charge in [0.1, 0.15) is 16.7 Å². The summed E-state index contributed by atoms with van der Waals surface area (Å²) >= 11 is 5.73. The number of carbonyl (C=O) groups excluding carboxylic acids is 1. The first-order valence-electron chi connectivity index (χ1n) is 6.51. The lowest BCUT2D eigenvalue weighted by atomic mass is 9.96. The molecule has 0 aliphatic carbocycles. The minimum absolute atomic E-state index is 0.131. The smallest absolute Gasteiger partial charge is 0.272 e. The second-order valence-corrected chi connectivity index (χ2v) is 5.36. The van der Waals surface area contributed by atoms with Crippen LogP contribution < -0.4 is 5.32 Å². The standard InChI is InChI=1S/C15H15ClFN3O/c1-9(2)14(10-3-5-11(17)6-4-10)20-15(21)12-7-18-8-13(16)19-12/h3-9,14H,1-2H3,(H,20,21). The van der Waals surface area contributed by atoms with Crippen LogP contribution in [0.2, 0.25) is 5.15 Å². The van der Waals surface area contributed by atoms with Gasteiger partial charge in [-0.05, 0) is 23.6 Å². The van der Waals surface area contributed by atoms with Crippen molar-refractivity contribution in [2.45, 2.75) is 19.9 Å². The van der Waals surface area contributed by atoms with Gasteiger partial charge >= 0.3 is 0 Å². The summed E-state index contributed by atoms with van der Waals surface area (Å²) in [6.07, 6.45) is 2.71. The summed E-state index contributed by atoms with van der Waals surface area (Å²) in [6, 6.07) is 5.80. The highest BCUT2D eigenvalue weighted by atomic mass is 35.5. The molecule has 0 saturated heterocycles. The van der Waals surface area contributed by atoms with Crippen LogP contribution in [0.5, 0.6) is 0 Å². The summed E-state index contributed by atoms with van der Waals surface area (Å²) < 4.78 is 13.0. The topological polar surface area (TPSA) is 54.9 Å². The van der Waals surface area contributed by atoms with Gasteiger partial charge in [-0.3, -0.25) is 9.78 Å². The highest BCUT2D eigenvalue weighted by molar-refractivity contribution is 6.29. The normalized spacial score (nSPS) is 12.2. The van der Waals surface area contributed by atoms with Crippen LogP contribution in [-0.4, -0.2) is 15.9 Å². The molecule has 0 aliphatic rings. The van der Waals surface area contributed by atoms with Crippen LogP contribution >= 0.6 is 11.6 Å². The Morgan fingerprint density at radius 1 is 1.24 bits per heavy atom. The molecule has 1 amide bonds. The van der Waals surface area contributed by atoms with Crippen molar-refractivity contribution >= 4 is 17.5 Å². The fraction of sp³-hybridized carbons (Fsp3) is 0.267. The maximum absolute atomic E-state index is 13.0. The molecule has 1 aromatic heterocycles. The molecule has 6 heteroatoms. The first-order valence-corrected chi connectivity index (χ1v) is 6.89. The molecule has 0 saturated carbocycles. The Hall–Kier alpha value is -2.01. The van der Waals surface area contributed by atoms with Crippen molar-refractivity contribution in [2.24, 2.45) is 5.92 Å². The van der Waals surface area contributed by atoms with Gasteiger partial charge in [0.15, 0.2) is 0 Å². The summed E-state index contributed by atoms with van der Waals surface area (Å²) in [5.74, 6) is -0.548. The highest BCUT2D eigenvalue weighted by Gasteiger charge is 2.20. The number of nitrogens with zero attached hydrogens (tertiary/aromatic N) is 2. The van der Waals surface area contributed by atoms with Crippen LogP contribution in [0, 0.1) is 11.7 Å². The van der Waals surface area contributed by atoms with Crippen LogP contribution in [0.15, 0.2) is 36.7 Å². The van der Waals surface area contributed by atoms with E-state index in [9.17, 15) is 9.18 Å². The van der Waals surface area contributed by atoms with Crippen molar-refractivity contribution in [1.82, 2.24) is 15.3 Å². The van der Waals surface area contributed by atoms with Gasteiger partial charge in [0, 0.05) is 0 Å². The second-order valence-electron chi connectivity index (χ2n) is 4.97. The number of nitrogens with one attached hydrogen (secondary N) is 1. The van der Waals surface area contributed by atoms with E-state index >= 15 is 0 Å². The molecule has 0 bridgehead atoms. The molecule has 4 nitrogen and oxygen atoms in total. The molecule has 1 unspecified atom stereocenters. The zero-order chi connectivity index (χ0) is 15.4. The third-order valence-corrected chi connectivity index (χ3v) is 3.20. The van der Waals surface area contributed by atoms with Gasteiger partial charge in [0.2, 0.25) is 0 Å². The Morgan fingerprint density at radius 2 is 1.90 bits per heavy atom. The van der Waals surface area contributed by atoms with E-state index < -0.39 is 0 Å². The van der Waals surface area contributed by atoms with Gasteiger partial charge in [0.25, 0.3) is 5.91 Å². The van der Waals surface area contributed by atoms with Crippen molar-refractivity contribution in [3.05, 3.63) is 58.9 Å². The van der Waals surface area contributed by atoms with Crippen LogP contribution in [0.25, 0.3) is 0 Å². The molecule has 2 aromatic rings. The lowest BCUT2D eigenvalue weighted by Gasteiger charge is -2.22. The third kappa shape index (κ3) is 3.98. The van der Waals surface area contributed by atoms with E-state index in [-0.39, 0.29) is 34.5 Å². The summed E-state index contributed by atoms with van der Waals surface area (Å²) in [4.78, 5) is 20.0. The first kappa shape index (κ1) is 15.4. The van der Waals surface area contributed by atoms with Gasteiger partial charge in [0.05, 0.1) is 18.4 Å². The average Bonchev–Trinajstić information content (AvgIpc) is 2.45. The van der Waals surface area contributed by atoms with Crippen LogP contribution in [0.1, 0.15) is 35.9 Å². The van der Waals surface area contributed by atoms with E-state index in [4.69, 9.17) is 11.6 Å². The summed E-state index contributed by atoms with van der Waals surface area (Å²) in [5.41, 5.74) is 0.977. The molecule has 110 valence electrons. The third-order valence-electron chi connectivity index (χ3n) is 3.02. The van der Waals surface area contributed by atoms with Crippen molar-refractivity contribution in [3.63, 3.8) is 0 Å². The Balaban J connectivity index is 2.20. The Kier molecular flexibility index (Phi) is 4.85. The van der Waals surface area contributed by atoms with E-state index in [1.807, 2.05) is 13.8 Å². The molecule has 0 aliphatic heterocycles. The van der Waals surface area contributed by atoms with Crippen molar-refractivity contribution in [3.8, 4) is 0 Å². The molecule has 0 fully saturated rings. The fourth-order valence-electron chi connectivity index (χ4n) is 1.97. The summed E-state index contributed by atoms with van der Waals surface area (Å²) in [6.45, 7) is 3.94. The molecular weight excluding hydrogens is 293 g/mol. The van der Waals surface area contributed by atoms with Crippen LogP contribution in [0.3, 0.4) is 0 Å². The van der Waals surface area contributed by atoms with E-state index in [2.05, 4.69) is 15.3 Å². The van der Waals surface area contributed by atoms with E-state index in [0.29, 0.717) is 0 Å². The van der Waals surface area contributed by atoms with Gasteiger partial charge in [-0.25, -0.2) is 9.37 Å². The van der Waals surface area contributed by atoms with E-state index in [1.165, 1.54) is 24.5 Å². The van der Waals surface area contributed by atoms with Gasteiger partial charge in [-0.15, -0.1) is 0 Å². The SMILES string of the molecule is CC(C)C(NC(=O)c1cncc(Cl)n1)c1ccc(F)cc1. The van der Waals surface area contributed by atoms with Crippen LogP contribution in [0.4, 0.5) is 4.39 Å². The number of halogens is 2.